The van der Waals surface area contributed by atoms with E-state index in [0.29, 0.717) is 4.83 Å². The maximum atomic E-state index is 12.4. The lowest BCUT2D eigenvalue weighted by molar-refractivity contribution is 0.0729. The Balaban J connectivity index is 2.18. The first-order valence-electron chi connectivity index (χ1n) is 5.77. The van der Waals surface area contributed by atoms with Crippen LogP contribution in [0.5, 0.6) is 0 Å². The van der Waals surface area contributed by atoms with Crippen LogP contribution in [-0.2, 0) is 0 Å². The van der Waals surface area contributed by atoms with Gasteiger partial charge in [-0.05, 0) is 53.4 Å². The summed E-state index contributed by atoms with van der Waals surface area (Å²) in [6.45, 7) is 3.69. The summed E-state index contributed by atoms with van der Waals surface area (Å²) in [6.07, 6.45) is 2.23. The molecule has 1 amide bonds. The number of hydrogen-bond donors (Lipinski definition) is 0. The van der Waals surface area contributed by atoms with Crippen LogP contribution in [0.4, 0.5) is 0 Å². The minimum Gasteiger partial charge on any atom is -0.337 e. The maximum absolute atomic E-state index is 12.4. The molecule has 17 heavy (non-hydrogen) atoms. The Kier molecular flexibility index (Phi) is 4.26. The SMILES string of the molecule is Cc1ccc(C(=O)N2CCCC(Br)C2)c(Br)c1. The van der Waals surface area contributed by atoms with E-state index in [1.165, 1.54) is 0 Å². The monoisotopic (exact) mass is 359 g/mol. The van der Waals surface area contributed by atoms with E-state index >= 15 is 0 Å². The van der Waals surface area contributed by atoms with Gasteiger partial charge in [-0.25, -0.2) is 0 Å². The van der Waals surface area contributed by atoms with Gasteiger partial charge in [-0.2, -0.15) is 0 Å². The second-order valence-corrected chi connectivity index (χ2v) is 6.62. The Bertz CT molecular complexity index is 433. The number of alkyl halides is 1. The van der Waals surface area contributed by atoms with Crippen molar-refractivity contribution in [1.82, 2.24) is 4.90 Å². The molecular weight excluding hydrogens is 346 g/mol. The number of rotatable bonds is 1. The van der Waals surface area contributed by atoms with Crippen molar-refractivity contribution in [2.24, 2.45) is 0 Å². The normalized spacial score (nSPS) is 20.4. The van der Waals surface area contributed by atoms with Crippen LogP contribution >= 0.6 is 31.9 Å². The van der Waals surface area contributed by atoms with E-state index in [1.54, 1.807) is 0 Å². The maximum Gasteiger partial charge on any atom is 0.255 e. The highest BCUT2D eigenvalue weighted by Gasteiger charge is 2.23. The van der Waals surface area contributed by atoms with Gasteiger partial charge in [0.15, 0.2) is 0 Å². The van der Waals surface area contributed by atoms with Gasteiger partial charge in [0.1, 0.15) is 0 Å². The van der Waals surface area contributed by atoms with Crippen molar-refractivity contribution in [3.63, 3.8) is 0 Å². The molecule has 1 saturated heterocycles. The minimum absolute atomic E-state index is 0.126. The molecule has 1 atom stereocenters. The van der Waals surface area contributed by atoms with Crippen LogP contribution in [0.15, 0.2) is 22.7 Å². The summed E-state index contributed by atoms with van der Waals surface area (Å²) in [5.41, 5.74) is 1.92. The lowest BCUT2D eigenvalue weighted by Gasteiger charge is -2.30. The van der Waals surface area contributed by atoms with E-state index in [9.17, 15) is 4.79 Å². The van der Waals surface area contributed by atoms with Gasteiger partial charge in [-0.1, -0.05) is 22.0 Å². The third kappa shape index (κ3) is 3.10. The van der Waals surface area contributed by atoms with Gasteiger partial charge in [0.2, 0.25) is 0 Å². The summed E-state index contributed by atoms with van der Waals surface area (Å²) in [5.74, 6) is 0.126. The highest BCUT2D eigenvalue weighted by atomic mass is 79.9. The number of piperidine rings is 1. The fourth-order valence-electron chi connectivity index (χ4n) is 2.07. The Morgan fingerprint density at radius 1 is 1.47 bits per heavy atom. The van der Waals surface area contributed by atoms with Crippen molar-refractivity contribution in [1.29, 1.82) is 0 Å². The number of hydrogen-bond acceptors (Lipinski definition) is 1. The number of nitrogens with zero attached hydrogens (tertiary/aromatic N) is 1. The molecule has 0 saturated carbocycles. The van der Waals surface area contributed by atoms with E-state index in [0.717, 1.165) is 41.5 Å². The quantitative estimate of drug-likeness (QED) is 0.698. The topological polar surface area (TPSA) is 20.3 Å². The molecule has 1 aromatic rings. The summed E-state index contributed by atoms with van der Waals surface area (Å²) in [7, 11) is 0. The molecule has 0 aromatic heterocycles. The van der Waals surface area contributed by atoms with Crippen LogP contribution in [0.2, 0.25) is 0 Å². The highest BCUT2D eigenvalue weighted by molar-refractivity contribution is 9.10. The van der Waals surface area contributed by atoms with Crippen molar-refractivity contribution in [2.75, 3.05) is 13.1 Å². The van der Waals surface area contributed by atoms with Crippen LogP contribution in [0, 0.1) is 6.92 Å². The van der Waals surface area contributed by atoms with Gasteiger partial charge in [-0.3, -0.25) is 4.79 Å². The van der Waals surface area contributed by atoms with Crippen molar-refractivity contribution in [3.05, 3.63) is 33.8 Å². The third-order valence-corrected chi connectivity index (χ3v) is 4.41. The largest absolute Gasteiger partial charge is 0.337 e. The Labute approximate surface area is 119 Å². The lowest BCUT2D eigenvalue weighted by Crippen LogP contribution is -2.40. The molecule has 0 radical (unpaired) electrons. The molecule has 0 spiro atoms. The molecule has 1 aromatic carbocycles. The van der Waals surface area contributed by atoms with Gasteiger partial charge < -0.3 is 4.90 Å². The number of halogens is 2. The molecule has 0 bridgehead atoms. The van der Waals surface area contributed by atoms with E-state index in [-0.39, 0.29) is 5.91 Å². The van der Waals surface area contributed by atoms with Crippen LogP contribution in [0.1, 0.15) is 28.8 Å². The predicted octanol–water partition coefficient (Wildman–Crippen LogP) is 3.76. The van der Waals surface area contributed by atoms with Crippen molar-refractivity contribution >= 4 is 37.8 Å². The van der Waals surface area contributed by atoms with Gasteiger partial charge >= 0.3 is 0 Å². The molecule has 1 fully saturated rings. The Morgan fingerprint density at radius 2 is 2.24 bits per heavy atom. The van der Waals surface area contributed by atoms with E-state index < -0.39 is 0 Å². The predicted molar refractivity (Wildman–Crippen MR) is 76.7 cm³/mol. The fourth-order valence-corrected chi connectivity index (χ4v) is 3.41. The Morgan fingerprint density at radius 3 is 2.88 bits per heavy atom. The van der Waals surface area contributed by atoms with Gasteiger partial charge in [0, 0.05) is 22.4 Å². The average Bonchev–Trinajstić information content (AvgIpc) is 2.28. The highest BCUT2D eigenvalue weighted by Crippen LogP contribution is 2.23. The van der Waals surface area contributed by atoms with E-state index in [1.807, 2.05) is 30.0 Å². The van der Waals surface area contributed by atoms with Crippen LogP contribution < -0.4 is 0 Å². The molecule has 2 nitrogen and oxygen atoms in total. The van der Waals surface area contributed by atoms with Crippen molar-refractivity contribution in [3.8, 4) is 0 Å². The second kappa shape index (κ2) is 5.53. The molecule has 1 heterocycles. The molecule has 2 rings (SSSR count). The zero-order valence-electron chi connectivity index (χ0n) is 9.75. The molecule has 1 aliphatic rings. The first-order chi connectivity index (χ1) is 8.08. The number of amides is 1. The lowest BCUT2D eigenvalue weighted by atomic mass is 10.1. The zero-order valence-corrected chi connectivity index (χ0v) is 12.9. The summed E-state index contributed by atoms with van der Waals surface area (Å²) >= 11 is 7.06. The van der Waals surface area contributed by atoms with Gasteiger partial charge in [0.05, 0.1) is 5.56 Å². The van der Waals surface area contributed by atoms with Crippen LogP contribution in [-0.4, -0.2) is 28.7 Å². The van der Waals surface area contributed by atoms with Gasteiger partial charge in [-0.15, -0.1) is 0 Å². The van der Waals surface area contributed by atoms with E-state index in [2.05, 4.69) is 31.9 Å². The Hall–Kier alpha value is -0.350. The molecule has 92 valence electrons. The number of likely N-dealkylation sites (tertiary alicyclic amines) is 1. The molecule has 0 N–H and O–H groups in total. The standard InChI is InChI=1S/C13H15Br2NO/c1-9-4-5-11(12(15)7-9)13(17)16-6-2-3-10(14)8-16/h4-5,7,10H,2-3,6,8H2,1H3. The molecule has 1 aliphatic heterocycles. The van der Waals surface area contributed by atoms with Crippen LogP contribution in [0.3, 0.4) is 0 Å². The second-order valence-electron chi connectivity index (χ2n) is 4.47. The van der Waals surface area contributed by atoms with E-state index in [4.69, 9.17) is 0 Å². The number of benzene rings is 1. The molecule has 0 aliphatic carbocycles. The van der Waals surface area contributed by atoms with Crippen molar-refractivity contribution < 1.29 is 4.79 Å². The third-order valence-electron chi connectivity index (χ3n) is 3.01. The fraction of sp³-hybridized carbons (Fsp3) is 0.462. The smallest absolute Gasteiger partial charge is 0.255 e. The molecular formula is C13H15Br2NO. The number of carbonyl (C=O) groups is 1. The zero-order chi connectivity index (χ0) is 12.4. The molecule has 1 unspecified atom stereocenters. The first kappa shape index (κ1) is 13.1. The minimum atomic E-state index is 0.126. The summed E-state index contributed by atoms with van der Waals surface area (Å²) in [5, 5.41) is 0. The first-order valence-corrected chi connectivity index (χ1v) is 7.48. The summed E-state index contributed by atoms with van der Waals surface area (Å²) in [4.78, 5) is 14.7. The summed E-state index contributed by atoms with van der Waals surface area (Å²) in [6, 6.07) is 5.87. The average molecular weight is 361 g/mol. The molecule has 4 heteroatoms. The van der Waals surface area contributed by atoms with Crippen LogP contribution in [0.25, 0.3) is 0 Å². The number of carbonyl (C=O) groups excluding carboxylic acids is 1. The summed E-state index contributed by atoms with van der Waals surface area (Å²) < 4.78 is 0.888. The van der Waals surface area contributed by atoms with Gasteiger partial charge in [0.25, 0.3) is 5.91 Å². The number of aryl methyl sites for hydroxylation is 1. The van der Waals surface area contributed by atoms with Crippen molar-refractivity contribution in [2.45, 2.75) is 24.6 Å².